The fourth-order valence-corrected chi connectivity index (χ4v) is 1.38. The number of hydrogen-bond acceptors (Lipinski definition) is 2. The molecule has 2 rings (SSSR count). The second-order valence-corrected chi connectivity index (χ2v) is 2.78. The average Bonchev–Trinajstić information content (AvgIpc) is 2.44. The number of hydrogen-bond donors (Lipinski definition) is 1. The van der Waals surface area contributed by atoms with E-state index in [1.54, 1.807) is 0 Å². The van der Waals surface area contributed by atoms with Gasteiger partial charge in [-0.15, -0.1) is 0 Å². The molecule has 14 heavy (non-hydrogen) atoms. The molecule has 0 amide bonds. The number of nitrogens with zero attached hydrogens (tertiary/aromatic N) is 2. The van der Waals surface area contributed by atoms with Crippen LogP contribution in [0.3, 0.4) is 0 Å². The highest BCUT2D eigenvalue weighted by molar-refractivity contribution is 5.75. The number of aromatic nitrogens is 2. The summed E-state index contributed by atoms with van der Waals surface area (Å²) in [6, 6.07) is 8.02. The van der Waals surface area contributed by atoms with E-state index in [0.29, 0.717) is 6.54 Å². The SMILES string of the molecule is Cn1c(CN)nc2ccccc21.[Cl-].[Cl-]. The molecule has 3 nitrogen and oxygen atoms in total. The van der Waals surface area contributed by atoms with Crippen molar-refractivity contribution < 1.29 is 24.8 Å². The molecule has 0 bridgehead atoms. The van der Waals surface area contributed by atoms with Crippen LogP contribution < -0.4 is 30.5 Å². The molecule has 1 aromatic carbocycles. The van der Waals surface area contributed by atoms with Crippen molar-refractivity contribution in [2.75, 3.05) is 0 Å². The lowest BCUT2D eigenvalue weighted by molar-refractivity contribution is -0.001000. The lowest BCUT2D eigenvalue weighted by Crippen LogP contribution is -3.00. The second kappa shape index (κ2) is 5.20. The molecule has 1 aromatic heterocycles. The highest BCUT2D eigenvalue weighted by atomic mass is 35.5. The summed E-state index contributed by atoms with van der Waals surface area (Å²) >= 11 is 0. The summed E-state index contributed by atoms with van der Waals surface area (Å²) < 4.78 is 2.02. The van der Waals surface area contributed by atoms with Gasteiger partial charge in [0.25, 0.3) is 0 Å². The van der Waals surface area contributed by atoms with Crippen molar-refractivity contribution in [2.45, 2.75) is 6.54 Å². The topological polar surface area (TPSA) is 43.8 Å². The van der Waals surface area contributed by atoms with Gasteiger partial charge < -0.3 is 35.1 Å². The molecule has 0 saturated heterocycles. The van der Waals surface area contributed by atoms with Crippen LogP contribution in [-0.4, -0.2) is 9.55 Å². The zero-order chi connectivity index (χ0) is 8.55. The monoisotopic (exact) mass is 231 g/mol. The molecule has 1 heterocycles. The molecule has 0 radical (unpaired) electrons. The Hall–Kier alpha value is -0.770. The predicted octanol–water partition coefficient (Wildman–Crippen LogP) is -4.96. The second-order valence-electron chi connectivity index (χ2n) is 2.78. The van der Waals surface area contributed by atoms with E-state index in [1.807, 2.05) is 35.9 Å². The van der Waals surface area contributed by atoms with Crippen molar-refractivity contribution in [3.63, 3.8) is 0 Å². The van der Waals surface area contributed by atoms with Crippen molar-refractivity contribution in [1.82, 2.24) is 9.55 Å². The van der Waals surface area contributed by atoms with Crippen molar-refractivity contribution in [2.24, 2.45) is 12.8 Å². The van der Waals surface area contributed by atoms with E-state index < -0.39 is 0 Å². The lowest BCUT2D eigenvalue weighted by atomic mass is 10.3. The first-order chi connectivity index (χ1) is 5.83. The van der Waals surface area contributed by atoms with Gasteiger partial charge in [-0.2, -0.15) is 0 Å². The van der Waals surface area contributed by atoms with Gasteiger partial charge in [-0.1, -0.05) is 12.1 Å². The zero-order valence-corrected chi connectivity index (χ0v) is 9.26. The van der Waals surface area contributed by atoms with Gasteiger partial charge in [0.05, 0.1) is 17.6 Å². The number of rotatable bonds is 1. The van der Waals surface area contributed by atoms with E-state index in [2.05, 4.69) is 4.98 Å². The third kappa shape index (κ3) is 2.00. The third-order valence-electron chi connectivity index (χ3n) is 2.06. The number of fused-ring (bicyclic) bond motifs is 1. The first-order valence-corrected chi connectivity index (χ1v) is 3.93. The van der Waals surface area contributed by atoms with Gasteiger partial charge in [-0.3, -0.25) is 0 Å². The summed E-state index contributed by atoms with van der Waals surface area (Å²) in [5.41, 5.74) is 7.68. The Morgan fingerprint density at radius 2 is 1.93 bits per heavy atom. The first kappa shape index (κ1) is 13.2. The zero-order valence-electron chi connectivity index (χ0n) is 7.74. The first-order valence-electron chi connectivity index (χ1n) is 3.93. The normalized spacial score (nSPS) is 9.29. The van der Waals surface area contributed by atoms with Crippen LogP contribution in [0.15, 0.2) is 24.3 Å². The van der Waals surface area contributed by atoms with Crippen molar-refractivity contribution >= 4 is 11.0 Å². The highest BCUT2D eigenvalue weighted by Crippen LogP contribution is 2.13. The summed E-state index contributed by atoms with van der Waals surface area (Å²) in [4.78, 5) is 4.37. The van der Waals surface area contributed by atoms with Crippen LogP contribution in [0.2, 0.25) is 0 Å². The van der Waals surface area contributed by atoms with E-state index in [1.165, 1.54) is 0 Å². The van der Waals surface area contributed by atoms with Crippen molar-refractivity contribution in [3.05, 3.63) is 30.1 Å². The summed E-state index contributed by atoms with van der Waals surface area (Å²) in [5.74, 6) is 0.927. The minimum atomic E-state index is 0. The van der Waals surface area contributed by atoms with Gasteiger partial charge in [-0.05, 0) is 12.1 Å². The molecule has 78 valence electrons. The molecule has 0 saturated carbocycles. The lowest BCUT2D eigenvalue weighted by Gasteiger charge is -1.96. The van der Waals surface area contributed by atoms with Crippen LogP contribution in [0.1, 0.15) is 5.82 Å². The maximum atomic E-state index is 5.53. The molecule has 0 aliphatic rings. The number of aryl methyl sites for hydroxylation is 1. The molecule has 0 atom stereocenters. The van der Waals surface area contributed by atoms with Crippen LogP contribution in [0.25, 0.3) is 11.0 Å². The molecular formula is C9H11Cl2N3-2. The van der Waals surface area contributed by atoms with E-state index in [0.717, 1.165) is 16.9 Å². The number of para-hydroxylation sites is 2. The van der Waals surface area contributed by atoms with E-state index >= 15 is 0 Å². The number of benzene rings is 1. The maximum Gasteiger partial charge on any atom is 0.123 e. The maximum absolute atomic E-state index is 5.53. The van der Waals surface area contributed by atoms with Crippen LogP contribution in [0, 0.1) is 0 Å². The summed E-state index contributed by atoms with van der Waals surface area (Å²) in [5, 5.41) is 0. The Morgan fingerprint density at radius 1 is 1.29 bits per heavy atom. The fourth-order valence-electron chi connectivity index (χ4n) is 1.38. The summed E-state index contributed by atoms with van der Waals surface area (Å²) in [6.45, 7) is 0.491. The minimum absolute atomic E-state index is 0. The van der Waals surface area contributed by atoms with Gasteiger partial charge in [-0.25, -0.2) is 4.98 Å². The Labute approximate surface area is 95.1 Å². The van der Waals surface area contributed by atoms with E-state index in [4.69, 9.17) is 5.73 Å². The molecular weight excluding hydrogens is 221 g/mol. The largest absolute Gasteiger partial charge is 1.00 e. The van der Waals surface area contributed by atoms with Crippen LogP contribution in [0.4, 0.5) is 0 Å². The Balaban J connectivity index is 0.000000845. The molecule has 0 unspecified atom stereocenters. The molecule has 2 N–H and O–H groups in total. The van der Waals surface area contributed by atoms with Crippen LogP contribution in [-0.2, 0) is 13.6 Å². The van der Waals surface area contributed by atoms with Gasteiger partial charge in [0.2, 0.25) is 0 Å². The highest BCUT2D eigenvalue weighted by Gasteiger charge is 2.03. The quantitative estimate of drug-likeness (QED) is 0.535. The molecule has 0 aliphatic carbocycles. The molecule has 2 aromatic rings. The number of halogens is 2. The average molecular weight is 232 g/mol. The smallest absolute Gasteiger partial charge is 0.123 e. The Morgan fingerprint density at radius 3 is 2.50 bits per heavy atom. The van der Waals surface area contributed by atoms with Gasteiger partial charge in [0.1, 0.15) is 5.82 Å². The van der Waals surface area contributed by atoms with Crippen LogP contribution >= 0.6 is 0 Å². The van der Waals surface area contributed by atoms with Crippen molar-refractivity contribution in [1.29, 1.82) is 0 Å². The summed E-state index contributed by atoms with van der Waals surface area (Å²) in [6.07, 6.45) is 0. The third-order valence-corrected chi connectivity index (χ3v) is 2.06. The molecule has 0 aliphatic heterocycles. The van der Waals surface area contributed by atoms with Crippen molar-refractivity contribution in [3.8, 4) is 0 Å². The Kier molecular flexibility index (Phi) is 4.91. The molecule has 0 spiro atoms. The fraction of sp³-hybridized carbons (Fsp3) is 0.222. The Bertz CT molecular complexity index is 411. The van der Waals surface area contributed by atoms with Gasteiger partial charge >= 0.3 is 0 Å². The standard InChI is InChI=1S/C9H11N3.2ClH/c1-12-8-5-3-2-4-7(8)11-9(12)6-10;;/h2-5H,6,10H2,1H3;2*1H/p-2. The molecule has 5 heteroatoms. The number of imidazole rings is 1. The molecule has 0 fully saturated rings. The minimum Gasteiger partial charge on any atom is -1.00 e. The predicted molar refractivity (Wildman–Crippen MR) is 48.6 cm³/mol. The number of nitrogens with two attached hydrogens (primary N) is 1. The van der Waals surface area contributed by atoms with E-state index in [-0.39, 0.29) is 24.8 Å². The van der Waals surface area contributed by atoms with Crippen LogP contribution in [0.5, 0.6) is 0 Å². The van der Waals surface area contributed by atoms with Gasteiger partial charge in [0.15, 0.2) is 0 Å². The van der Waals surface area contributed by atoms with Gasteiger partial charge in [0, 0.05) is 7.05 Å². The van der Waals surface area contributed by atoms with E-state index in [9.17, 15) is 0 Å². The summed E-state index contributed by atoms with van der Waals surface area (Å²) in [7, 11) is 1.98.